The number of carboxylic acids is 1. The van der Waals surface area contributed by atoms with Gasteiger partial charge in [-0.15, -0.1) is 0 Å². The maximum absolute atomic E-state index is 11.8. The smallest absolute Gasteiger partial charge is 0.329 e. The van der Waals surface area contributed by atoms with E-state index in [1.165, 1.54) is 25.8 Å². The lowest BCUT2D eigenvalue weighted by atomic mass is 10.1. The third kappa shape index (κ3) is 4.98. The van der Waals surface area contributed by atoms with Crippen molar-refractivity contribution in [2.75, 3.05) is 20.2 Å². The molecule has 0 fully saturated rings. The Bertz CT molecular complexity index is 474. The van der Waals surface area contributed by atoms with Gasteiger partial charge in [-0.1, -0.05) is 18.2 Å². The van der Waals surface area contributed by atoms with Crippen molar-refractivity contribution >= 4 is 12.0 Å². The van der Waals surface area contributed by atoms with E-state index in [9.17, 15) is 9.59 Å². The van der Waals surface area contributed by atoms with Gasteiger partial charge in [-0.3, -0.25) is 0 Å². The molecule has 0 atom stereocenters. The fraction of sp³-hybridized carbons (Fsp3) is 0.467. The Morgan fingerprint density at radius 2 is 1.90 bits per heavy atom. The summed E-state index contributed by atoms with van der Waals surface area (Å²) in [6.45, 7) is 3.86. The minimum atomic E-state index is -1.25. The molecule has 0 aliphatic heterocycles. The fourth-order valence-electron chi connectivity index (χ4n) is 1.49. The number of rotatable bonds is 7. The van der Waals surface area contributed by atoms with Crippen molar-refractivity contribution in [2.24, 2.45) is 0 Å². The molecule has 6 heteroatoms. The zero-order chi connectivity index (χ0) is 15.9. The van der Waals surface area contributed by atoms with Gasteiger partial charge in [0.15, 0.2) is 0 Å². The van der Waals surface area contributed by atoms with Gasteiger partial charge in [0.1, 0.15) is 11.3 Å². The number of benzene rings is 1. The summed E-state index contributed by atoms with van der Waals surface area (Å²) in [5, 5.41) is 11.7. The van der Waals surface area contributed by atoms with E-state index in [2.05, 4.69) is 5.32 Å². The number of urea groups is 1. The second-order valence-electron chi connectivity index (χ2n) is 5.17. The van der Waals surface area contributed by atoms with Crippen LogP contribution < -0.4 is 10.1 Å². The lowest BCUT2D eigenvalue weighted by molar-refractivity contribution is -0.146. The van der Waals surface area contributed by atoms with E-state index in [-0.39, 0.29) is 0 Å². The molecule has 0 aliphatic rings. The molecule has 0 saturated heterocycles. The number of amides is 2. The molecule has 1 aromatic rings. The zero-order valence-electron chi connectivity index (χ0n) is 12.6. The molecule has 2 N–H and O–H groups in total. The summed E-state index contributed by atoms with van der Waals surface area (Å²) in [7, 11) is 1.46. The van der Waals surface area contributed by atoms with Crippen molar-refractivity contribution in [1.82, 2.24) is 10.2 Å². The minimum Gasteiger partial charge on any atom is -0.494 e. The molecule has 0 bridgehead atoms. The molecule has 0 heterocycles. The summed E-state index contributed by atoms with van der Waals surface area (Å²) in [5.74, 6) is -0.263. The molecule has 0 radical (unpaired) electrons. The minimum absolute atomic E-state index is 0.415. The Labute approximate surface area is 124 Å². The number of hydrogen-bond donors (Lipinski definition) is 2. The largest absolute Gasteiger partial charge is 0.494 e. The highest BCUT2D eigenvalue weighted by Gasteiger charge is 2.34. The van der Waals surface area contributed by atoms with Gasteiger partial charge in [-0.25, -0.2) is 9.59 Å². The Balaban J connectivity index is 2.26. The van der Waals surface area contributed by atoms with Crippen LogP contribution in [0.25, 0.3) is 0 Å². The number of likely N-dealkylation sites (N-methyl/N-ethyl adjacent to an activating group) is 1. The van der Waals surface area contributed by atoms with Gasteiger partial charge in [-0.2, -0.15) is 0 Å². The average Bonchev–Trinajstić information content (AvgIpc) is 2.46. The molecule has 116 valence electrons. The zero-order valence-corrected chi connectivity index (χ0v) is 12.6. The molecule has 2 amide bonds. The number of carbonyl (C=O) groups is 2. The monoisotopic (exact) mass is 294 g/mol. The molecule has 0 saturated carbocycles. The van der Waals surface area contributed by atoms with Gasteiger partial charge in [0.05, 0.1) is 6.61 Å². The van der Waals surface area contributed by atoms with Crippen molar-refractivity contribution < 1.29 is 19.4 Å². The highest BCUT2D eigenvalue weighted by molar-refractivity contribution is 5.85. The number of hydrogen-bond acceptors (Lipinski definition) is 3. The third-order valence-corrected chi connectivity index (χ3v) is 3.28. The molecule has 0 spiro atoms. The highest BCUT2D eigenvalue weighted by atomic mass is 16.5. The molecule has 0 unspecified atom stereocenters. The molecular weight excluding hydrogens is 272 g/mol. The number of carboxylic acid groups (broad SMARTS) is 1. The molecule has 0 aliphatic carbocycles. The maximum Gasteiger partial charge on any atom is 0.329 e. The predicted octanol–water partition coefficient (Wildman–Crippen LogP) is 1.96. The van der Waals surface area contributed by atoms with Crippen LogP contribution in [-0.2, 0) is 4.79 Å². The van der Waals surface area contributed by atoms with Crippen LogP contribution in [0.2, 0.25) is 0 Å². The number of ether oxygens (including phenoxy) is 1. The number of para-hydroxylation sites is 1. The summed E-state index contributed by atoms with van der Waals surface area (Å²) in [6, 6.07) is 9.00. The molecule has 1 rings (SSSR count). The van der Waals surface area contributed by atoms with Gasteiger partial charge in [0.2, 0.25) is 0 Å². The van der Waals surface area contributed by atoms with Crippen molar-refractivity contribution in [2.45, 2.75) is 25.8 Å². The highest BCUT2D eigenvalue weighted by Crippen LogP contribution is 2.12. The molecule has 1 aromatic carbocycles. The second kappa shape index (κ2) is 7.52. The number of aliphatic carboxylic acids is 1. The van der Waals surface area contributed by atoms with Gasteiger partial charge < -0.3 is 20.1 Å². The Morgan fingerprint density at radius 1 is 1.29 bits per heavy atom. The number of nitrogens with zero attached hydrogens (tertiary/aromatic N) is 1. The van der Waals surface area contributed by atoms with Gasteiger partial charge in [0.25, 0.3) is 0 Å². The lowest BCUT2D eigenvalue weighted by Crippen LogP contribution is -2.54. The van der Waals surface area contributed by atoms with Crippen LogP contribution in [0.3, 0.4) is 0 Å². The van der Waals surface area contributed by atoms with Crippen LogP contribution in [0.4, 0.5) is 4.79 Å². The van der Waals surface area contributed by atoms with E-state index in [1.807, 2.05) is 30.3 Å². The third-order valence-electron chi connectivity index (χ3n) is 3.28. The van der Waals surface area contributed by atoms with E-state index in [4.69, 9.17) is 9.84 Å². The summed E-state index contributed by atoms with van der Waals surface area (Å²) in [6.07, 6.45) is 0.641. The second-order valence-corrected chi connectivity index (χ2v) is 5.17. The van der Waals surface area contributed by atoms with Crippen LogP contribution in [0.5, 0.6) is 5.75 Å². The predicted molar refractivity (Wildman–Crippen MR) is 79.4 cm³/mol. The average molecular weight is 294 g/mol. The Morgan fingerprint density at radius 3 is 2.48 bits per heavy atom. The van der Waals surface area contributed by atoms with Crippen molar-refractivity contribution in [1.29, 1.82) is 0 Å². The summed E-state index contributed by atoms with van der Waals surface area (Å²) >= 11 is 0. The van der Waals surface area contributed by atoms with Gasteiger partial charge >= 0.3 is 12.0 Å². The quantitative estimate of drug-likeness (QED) is 0.753. The number of nitrogens with one attached hydrogen (secondary N) is 1. The molecule has 21 heavy (non-hydrogen) atoms. The first-order valence-electron chi connectivity index (χ1n) is 6.78. The molecular formula is C15H22N2O4. The summed E-state index contributed by atoms with van der Waals surface area (Å²) < 4.78 is 5.49. The van der Waals surface area contributed by atoms with Crippen LogP contribution in [-0.4, -0.2) is 47.7 Å². The van der Waals surface area contributed by atoms with Crippen LogP contribution in [0.1, 0.15) is 20.3 Å². The van der Waals surface area contributed by atoms with Crippen LogP contribution in [0, 0.1) is 0 Å². The summed E-state index contributed by atoms with van der Waals surface area (Å²) in [5.41, 5.74) is -1.25. The normalized spacial score (nSPS) is 10.8. The van der Waals surface area contributed by atoms with E-state index in [0.29, 0.717) is 19.6 Å². The van der Waals surface area contributed by atoms with E-state index in [0.717, 1.165) is 5.75 Å². The van der Waals surface area contributed by atoms with Crippen molar-refractivity contribution in [3.63, 3.8) is 0 Å². The first kappa shape index (κ1) is 16.8. The molecule has 6 nitrogen and oxygen atoms in total. The van der Waals surface area contributed by atoms with E-state index >= 15 is 0 Å². The first-order chi connectivity index (χ1) is 9.85. The summed E-state index contributed by atoms with van der Waals surface area (Å²) in [4.78, 5) is 24.1. The van der Waals surface area contributed by atoms with Crippen molar-refractivity contribution in [3.05, 3.63) is 30.3 Å². The fourth-order valence-corrected chi connectivity index (χ4v) is 1.49. The van der Waals surface area contributed by atoms with Gasteiger partial charge in [-0.05, 0) is 32.4 Å². The SMILES string of the molecule is CN(C(=O)NCCCOc1ccccc1)C(C)(C)C(=O)O. The van der Waals surface area contributed by atoms with Crippen LogP contribution in [0.15, 0.2) is 30.3 Å². The van der Waals surface area contributed by atoms with Gasteiger partial charge in [0, 0.05) is 13.6 Å². The topological polar surface area (TPSA) is 78.9 Å². The Hall–Kier alpha value is -2.24. The number of carbonyl (C=O) groups excluding carboxylic acids is 1. The van der Waals surface area contributed by atoms with E-state index in [1.54, 1.807) is 0 Å². The van der Waals surface area contributed by atoms with Crippen LogP contribution >= 0.6 is 0 Å². The lowest BCUT2D eigenvalue weighted by Gasteiger charge is -2.31. The van der Waals surface area contributed by atoms with E-state index < -0.39 is 17.5 Å². The van der Waals surface area contributed by atoms with Crippen molar-refractivity contribution in [3.8, 4) is 5.75 Å². The maximum atomic E-state index is 11.8. The Kier molecular flexibility index (Phi) is 6.02. The standard InChI is InChI=1S/C15H22N2O4/c1-15(2,13(18)19)17(3)14(20)16-10-7-11-21-12-8-5-4-6-9-12/h4-6,8-9H,7,10-11H2,1-3H3,(H,16,20)(H,18,19). The first-order valence-corrected chi connectivity index (χ1v) is 6.78. The molecule has 0 aromatic heterocycles.